The fraction of sp³-hybridized carbons (Fsp3) is 0.385. The molecule has 0 aliphatic carbocycles. The maximum absolute atomic E-state index is 11.8. The first-order chi connectivity index (χ1) is 9.04. The van der Waals surface area contributed by atoms with Crippen LogP contribution in [0.3, 0.4) is 0 Å². The quantitative estimate of drug-likeness (QED) is 0.705. The highest BCUT2D eigenvalue weighted by Crippen LogP contribution is 2.03. The van der Waals surface area contributed by atoms with Crippen LogP contribution in [0, 0.1) is 0 Å². The summed E-state index contributed by atoms with van der Waals surface area (Å²) in [6, 6.07) is 7.82. The third-order valence-electron chi connectivity index (χ3n) is 2.62. The van der Waals surface area contributed by atoms with E-state index in [0.717, 1.165) is 5.56 Å². The molecule has 0 spiro atoms. The summed E-state index contributed by atoms with van der Waals surface area (Å²) in [6.45, 7) is 0.0950. The molecule has 19 heavy (non-hydrogen) atoms. The molecule has 1 aromatic carbocycles. The van der Waals surface area contributed by atoms with Crippen LogP contribution in [0.15, 0.2) is 30.3 Å². The summed E-state index contributed by atoms with van der Waals surface area (Å²) in [7, 11) is 1.58. The normalized spacial score (nSPS) is 11.7. The van der Waals surface area contributed by atoms with E-state index in [-0.39, 0.29) is 13.0 Å². The van der Waals surface area contributed by atoms with Crippen LogP contribution in [-0.4, -0.2) is 46.8 Å². The number of aliphatic hydroxyl groups is 1. The van der Waals surface area contributed by atoms with Gasteiger partial charge in [0.25, 0.3) is 0 Å². The molecular formula is C13H18N2O4. The predicted octanol–water partition coefficient (Wildman–Crippen LogP) is 0.664. The minimum atomic E-state index is -1.16. The number of carboxylic acid groups (broad SMARTS) is 1. The molecule has 1 rings (SSSR count). The number of carboxylic acids is 1. The van der Waals surface area contributed by atoms with E-state index in [9.17, 15) is 9.59 Å². The number of hydrogen-bond donors (Lipinski definition) is 3. The number of benzene rings is 1. The Morgan fingerprint density at radius 2 is 1.95 bits per heavy atom. The van der Waals surface area contributed by atoms with Gasteiger partial charge in [-0.3, -0.25) is 0 Å². The van der Waals surface area contributed by atoms with Gasteiger partial charge in [0, 0.05) is 26.6 Å². The maximum Gasteiger partial charge on any atom is 0.326 e. The molecule has 0 aliphatic rings. The van der Waals surface area contributed by atoms with E-state index in [0.29, 0.717) is 6.54 Å². The van der Waals surface area contributed by atoms with Crippen molar-refractivity contribution in [3.8, 4) is 0 Å². The van der Waals surface area contributed by atoms with E-state index in [2.05, 4.69) is 5.32 Å². The molecule has 0 saturated heterocycles. The van der Waals surface area contributed by atoms with Crippen molar-refractivity contribution in [2.75, 3.05) is 13.7 Å². The lowest BCUT2D eigenvalue weighted by atomic mass is 10.2. The lowest BCUT2D eigenvalue weighted by Gasteiger charge is -2.21. The second-order valence-electron chi connectivity index (χ2n) is 4.19. The Kier molecular flexibility index (Phi) is 5.81. The van der Waals surface area contributed by atoms with Gasteiger partial charge in [-0.25, -0.2) is 9.59 Å². The zero-order valence-electron chi connectivity index (χ0n) is 10.7. The minimum absolute atomic E-state index is 0.0136. The van der Waals surface area contributed by atoms with Gasteiger partial charge in [0.1, 0.15) is 6.04 Å². The third-order valence-corrected chi connectivity index (χ3v) is 2.62. The van der Waals surface area contributed by atoms with Gasteiger partial charge in [0.05, 0.1) is 0 Å². The summed E-state index contributed by atoms with van der Waals surface area (Å²) in [5.74, 6) is -1.16. The molecule has 1 unspecified atom stereocenters. The van der Waals surface area contributed by atoms with Crippen molar-refractivity contribution in [1.29, 1.82) is 0 Å². The lowest BCUT2D eigenvalue weighted by Crippen LogP contribution is -2.46. The number of rotatable bonds is 6. The topological polar surface area (TPSA) is 89.9 Å². The number of nitrogens with zero attached hydrogens (tertiary/aromatic N) is 1. The first-order valence-corrected chi connectivity index (χ1v) is 5.93. The molecule has 104 valence electrons. The van der Waals surface area contributed by atoms with Crippen LogP contribution in [0.2, 0.25) is 0 Å². The van der Waals surface area contributed by atoms with Crippen molar-refractivity contribution in [3.63, 3.8) is 0 Å². The minimum Gasteiger partial charge on any atom is -0.480 e. The maximum atomic E-state index is 11.8. The number of carbonyl (C=O) groups excluding carboxylic acids is 1. The highest BCUT2D eigenvalue weighted by atomic mass is 16.4. The Morgan fingerprint density at radius 1 is 1.32 bits per heavy atom. The van der Waals surface area contributed by atoms with E-state index < -0.39 is 18.0 Å². The zero-order valence-corrected chi connectivity index (χ0v) is 10.7. The Bertz CT molecular complexity index is 422. The van der Waals surface area contributed by atoms with Crippen molar-refractivity contribution in [2.45, 2.75) is 19.0 Å². The molecule has 0 aromatic heterocycles. The molecule has 0 radical (unpaired) electrons. The standard InChI is InChI=1S/C13H18N2O4/c1-15(9-10-5-3-2-4-6-10)13(19)14-11(7-8-16)12(17)18/h2-6,11,16H,7-9H2,1H3,(H,14,19)(H,17,18). The van der Waals surface area contributed by atoms with E-state index in [1.54, 1.807) is 7.05 Å². The molecule has 3 N–H and O–H groups in total. The smallest absolute Gasteiger partial charge is 0.326 e. The molecule has 0 aliphatic heterocycles. The molecule has 1 aromatic rings. The highest BCUT2D eigenvalue weighted by Gasteiger charge is 2.21. The molecule has 0 heterocycles. The van der Waals surface area contributed by atoms with Crippen LogP contribution in [0.4, 0.5) is 4.79 Å². The van der Waals surface area contributed by atoms with Gasteiger partial charge in [-0.1, -0.05) is 30.3 Å². The van der Waals surface area contributed by atoms with E-state index >= 15 is 0 Å². The number of urea groups is 1. The first kappa shape index (κ1) is 15.0. The van der Waals surface area contributed by atoms with Crippen LogP contribution in [-0.2, 0) is 11.3 Å². The number of nitrogens with one attached hydrogen (secondary N) is 1. The second-order valence-corrected chi connectivity index (χ2v) is 4.19. The fourth-order valence-electron chi connectivity index (χ4n) is 1.57. The second kappa shape index (κ2) is 7.38. The number of aliphatic hydroxyl groups excluding tert-OH is 1. The Morgan fingerprint density at radius 3 is 2.47 bits per heavy atom. The van der Waals surface area contributed by atoms with Crippen molar-refractivity contribution in [2.24, 2.45) is 0 Å². The van der Waals surface area contributed by atoms with Gasteiger partial charge in [0.2, 0.25) is 0 Å². The molecule has 0 saturated carbocycles. The van der Waals surface area contributed by atoms with Gasteiger partial charge in [0.15, 0.2) is 0 Å². The van der Waals surface area contributed by atoms with Crippen molar-refractivity contribution in [1.82, 2.24) is 10.2 Å². The lowest BCUT2D eigenvalue weighted by molar-refractivity contribution is -0.139. The van der Waals surface area contributed by atoms with E-state index in [4.69, 9.17) is 10.2 Å². The summed E-state index contributed by atoms with van der Waals surface area (Å²) >= 11 is 0. The van der Waals surface area contributed by atoms with Crippen molar-refractivity contribution >= 4 is 12.0 Å². The number of amides is 2. The summed E-state index contributed by atoms with van der Waals surface area (Å²) in [5.41, 5.74) is 0.953. The van der Waals surface area contributed by atoms with Gasteiger partial charge in [-0.15, -0.1) is 0 Å². The van der Waals surface area contributed by atoms with E-state index in [1.165, 1.54) is 4.90 Å². The third kappa shape index (κ3) is 4.97. The van der Waals surface area contributed by atoms with E-state index in [1.807, 2.05) is 30.3 Å². The molecule has 1 atom stereocenters. The highest BCUT2D eigenvalue weighted by molar-refractivity contribution is 5.82. The molecule has 6 heteroatoms. The average molecular weight is 266 g/mol. The van der Waals surface area contributed by atoms with Gasteiger partial charge in [-0.2, -0.15) is 0 Å². The van der Waals surface area contributed by atoms with Gasteiger partial charge in [-0.05, 0) is 5.56 Å². The summed E-state index contributed by atoms with van der Waals surface area (Å²) in [6.07, 6.45) is -0.0136. The monoisotopic (exact) mass is 266 g/mol. The van der Waals surface area contributed by atoms with Crippen LogP contribution < -0.4 is 5.32 Å². The fourth-order valence-corrected chi connectivity index (χ4v) is 1.57. The molecule has 0 fully saturated rings. The van der Waals surface area contributed by atoms with Crippen LogP contribution >= 0.6 is 0 Å². The summed E-state index contributed by atoms with van der Waals surface area (Å²) in [4.78, 5) is 24.1. The number of aliphatic carboxylic acids is 1. The predicted molar refractivity (Wildman–Crippen MR) is 69.6 cm³/mol. The first-order valence-electron chi connectivity index (χ1n) is 5.93. The summed E-state index contributed by atoms with van der Waals surface area (Å²) < 4.78 is 0. The SMILES string of the molecule is CN(Cc1ccccc1)C(=O)NC(CCO)C(=O)O. The Labute approximate surface area is 111 Å². The van der Waals surface area contributed by atoms with Crippen molar-refractivity contribution < 1.29 is 19.8 Å². The Hall–Kier alpha value is -2.08. The van der Waals surface area contributed by atoms with Crippen LogP contribution in [0.25, 0.3) is 0 Å². The van der Waals surface area contributed by atoms with Crippen molar-refractivity contribution in [3.05, 3.63) is 35.9 Å². The largest absolute Gasteiger partial charge is 0.480 e. The average Bonchev–Trinajstić information content (AvgIpc) is 2.39. The van der Waals surface area contributed by atoms with Gasteiger partial charge >= 0.3 is 12.0 Å². The number of hydrogen-bond acceptors (Lipinski definition) is 3. The number of carbonyl (C=O) groups is 2. The van der Waals surface area contributed by atoms with Crippen LogP contribution in [0.1, 0.15) is 12.0 Å². The van der Waals surface area contributed by atoms with Crippen LogP contribution in [0.5, 0.6) is 0 Å². The molecule has 2 amide bonds. The zero-order chi connectivity index (χ0) is 14.3. The molecule has 0 bridgehead atoms. The van der Waals surface area contributed by atoms with Gasteiger partial charge < -0.3 is 20.4 Å². The molecule has 6 nitrogen and oxygen atoms in total. The summed E-state index contributed by atoms with van der Waals surface area (Å²) in [5, 5.41) is 20.0. The Balaban J connectivity index is 2.54. The molecular weight excluding hydrogens is 248 g/mol.